The summed E-state index contributed by atoms with van der Waals surface area (Å²) in [5.74, 6) is 0.920. The number of hydrogen-bond acceptors (Lipinski definition) is 3. The Morgan fingerprint density at radius 1 is 1.17 bits per heavy atom. The van der Waals surface area contributed by atoms with Crippen molar-refractivity contribution in [2.45, 2.75) is 19.4 Å². The maximum absolute atomic E-state index is 5.93. The molecule has 132 valence electrons. The van der Waals surface area contributed by atoms with Crippen LogP contribution < -0.4 is 10.6 Å². The molecule has 1 atom stereocenters. The molecule has 0 aliphatic carbocycles. The predicted molar refractivity (Wildman–Crippen MR) is 101 cm³/mol. The minimum absolute atomic E-state index is 0.569. The van der Waals surface area contributed by atoms with E-state index in [0.29, 0.717) is 6.04 Å². The van der Waals surface area contributed by atoms with Gasteiger partial charge in [0.2, 0.25) is 0 Å². The van der Waals surface area contributed by atoms with Crippen LogP contribution in [0.3, 0.4) is 0 Å². The molecule has 1 aromatic carbocycles. The van der Waals surface area contributed by atoms with Crippen molar-refractivity contribution >= 4 is 17.6 Å². The Morgan fingerprint density at radius 2 is 1.92 bits per heavy atom. The van der Waals surface area contributed by atoms with Gasteiger partial charge in [-0.1, -0.05) is 23.7 Å². The largest absolute Gasteiger partial charge is 0.357 e. The van der Waals surface area contributed by atoms with E-state index >= 15 is 0 Å². The van der Waals surface area contributed by atoms with Crippen molar-refractivity contribution < 1.29 is 0 Å². The Kier molecular flexibility index (Phi) is 6.35. The lowest BCUT2D eigenvalue weighted by molar-refractivity contribution is 0.0174. The molecular weight excluding hydrogens is 322 g/mol. The van der Waals surface area contributed by atoms with Crippen LogP contribution in [0, 0.1) is 0 Å². The van der Waals surface area contributed by atoms with Crippen molar-refractivity contribution in [3.8, 4) is 0 Å². The van der Waals surface area contributed by atoms with E-state index in [4.69, 9.17) is 16.6 Å². The van der Waals surface area contributed by atoms with Crippen molar-refractivity contribution in [3.63, 3.8) is 0 Å². The van der Waals surface area contributed by atoms with E-state index in [9.17, 15) is 0 Å². The second kappa shape index (κ2) is 8.70. The molecule has 2 bridgehead atoms. The number of fused-ring (bicyclic) bond motifs is 3. The average molecular weight is 350 g/mol. The number of nitrogens with zero attached hydrogens (tertiary/aromatic N) is 3. The molecule has 0 saturated carbocycles. The van der Waals surface area contributed by atoms with Crippen LogP contribution in [0.5, 0.6) is 0 Å². The number of piperazine rings is 3. The van der Waals surface area contributed by atoms with Gasteiger partial charge in [-0.15, -0.1) is 0 Å². The number of hydrogen-bond donors (Lipinski definition) is 2. The van der Waals surface area contributed by atoms with Crippen molar-refractivity contribution in [1.29, 1.82) is 0 Å². The fraction of sp³-hybridized carbons (Fsp3) is 0.611. The molecule has 0 amide bonds. The monoisotopic (exact) mass is 349 g/mol. The summed E-state index contributed by atoms with van der Waals surface area (Å²) in [5.41, 5.74) is 1.28. The van der Waals surface area contributed by atoms with Crippen molar-refractivity contribution in [3.05, 3.63) is 34.9 Å². The molecule has 2 N–H and O–H groups in total. The molecule has 0 aromatic heterocycles. The fourth-order valence-corrected chi connectivity index (χ4v) is 3.54. The van der Waals surface area contributed by atoms with Crippen molar-refractivity contribution in [1.82, 2.24) is 20.4 Å². The summed E-state index contributed by atoms with van der Waals surface area (Å²) in [6.07, 6.45) is 0.963. The topological polar surface area (TPSA) is 42.9 Å². The minimum Gasteiger partial charge on any atom is -0.357 e. The van der Waals surface area contributed by atoms with Crippen molar-refractivity contribution in [2.24, 2.45) is 4.99 Å². The first kappa shape index (κ1) is 17.5. The van der Waals surface area contributed by atoms with Gasteiger partial charge in [0, 0.05) is 56.9 Å². The third kappa shape index (κ3) is 4.85. The molecule has 3 aliphatic rings. The SMILES string of the molecule is CCNC(=NCC1CN2CCN1CC2)NCCc1ccc(Cl)cc1. The summed E-state index contributed by atoms with van der Waals surface area (Å²) in [5, 5.41) is 7.57. The van der Waals surface area contributed by atoms with E-state index in [1.165, 1.54) is 31.7 Å². The van der Waals surface area contributed by atoms with Crippen LogP contribution in [-0.4, -0.2) is 74.2 Å². The van der Waals surface area contributed by atoms with Crippen molar-refractivity contribution in [2.75, 3.05) is 52.4 Å². The van der Waals surface area contributed by atoms with Crippen LogP contribution in [0.2, 0.25) is 5.02 Å². The van der Waals surface area contributed by atoms with Gasteiger partial charge in [0.25, 0.3) is 0 Å². The highest BCUT2D eigenvalue weighted by Crippen LogP contribution is 2.15. The van der Waals surface area contributed by atoms with Gasteiger partial charge in [0.15, 0.2) is 5.96 Å². The zero-order valence-corrected chi connectivity index (χ0v) is 15.2. The lowest BCUT2D eigenvalue weighted by Crippen LogP contribution is -2.62. The van der Waals surface area contributed by atoms with E-state index < -0.39 is 0 Å². The number of halogens is 1. The molecule has 3 fully saturated rings. The van der Waals surface area contributed by atoms with Crippen LogP contribution in [0.15, 0.2) is 29.3 Å². The van der Waals surface area contributed by atoms with Crippen LogP contribution in [0.4, 0.5) is 0 Å². The van der Waals surface area contributed by atoms with Crippen LogP contribution in [0.25, 0.3) is 0 Å². The Morgan fingerprint density at radius 3 is 2.54 bits per heavy atom. The summed E-state index contributed by atoms with van der Waals surface area (Å²) in [6.45, 7) is 10.7. The molecule has 24 heavy (non-hydrogen) atoms. The highest BCUT2D eigenvalue weighted by molar-refractivity contribution is 6.30. The smallest absolute Gasteiger partial charge is 0.191 e. The van der Waals surface area contributed by atoms with E-state index in [0.717, 1.165) is 43.6 Å². The second-order valence-electron chi connectivity index (χ2n) is 6.51. The third-order valence-corrected chi connectivity index (χ3v) is 5.07. The quantitative estimate of drug-likeness (QED) is 0.602. The summed E-state index contributed by atoms with van der Waals surface area (Å²) in [4.78, 5) is 9.95. The molecule has 0 radical (unpaired) electrons. The Labute approximate surface area is 150 Å². The van der Waals surface area contributed by atoms with Crippen LogP contribution in [0.1, 0.15) is 12.5 Å². The summed E-state index contributed by atoms with van der Waals surface area (Å²) in [6, 6.07) is 8.61. The van der Waals surface area contributed by atoms with Gasteiger partial charge in [0.1, 0.15) is 0 Å². The first-order valence-corrected chi connectivity index (χ1v) is 9.35. The molecule has 3 saturated heterocycles. The number of aliphatic imine (C=N–C) groups is 1. The molecule has 1 unspecified atom stereocenters. The van der Waals surface area contributed by atoms with E-state index in [2.05, 4.69) is 39.5 Å². The molecular formula is C18H28ClN5. The van der Waals surface area contributed by atoms with E-state index in [-0.39, 0.29) is 0 Å². The maximum atomic E-state index is 5.93. The van der Waals surface area contributed by atoms with Gasteiger partial charge in [0.05, 0.1) is 6.54 Å². The summed E-state index contributed by atoms with van der Waals surface area (Å²) >= 11 is 5.93. The summed E-state index contributed by atoms with van der Waals surface area (Å²) in [7, 11) is 0. The van der Waals surface area contributed by atoms with Gasteiger partial charge in [-0.25, -0.2) is 0 Å². The first-order valence-electron chi connectivity index (χ1n) is 8.97. The maximum Gasteiger partial charge on any atom is 0.191 e. The molecule has 1 aromatic rings. The highest BCUT2D eigenvalue weighted by Gasteiger charge is 2.31. The molecule has 5 nitrogen and oxygen atoms in total. The molecule has 3 aliphatic heterocycles. The summed E-state index contributed by atoms with van der Waals surface area (Å²) < 4.78 is 0. The number of rotatable bonds is 6. The lowest BCUT2D eigenvalue weighted by atomic mass is 10.1. The van der Waals surface area contributed by atoms with E-state index in [1.807, 2.05) is 12.1 Å². The van der Waals surface area contributed by atoms with Gasteiger partial charge < -0.3 is 10.6 Å². The highest BCUT2D eigenvalue weighted by atomic mass is 35.5. The molecule has 3 heterocycles. The van der Waals surface area contributed by atoms with Crippen LogP contribution in [-0.2, 0) is 6.42 Å². The number of benzene rings is 1. The Bertz CT molecular complexity index is 537. The zero-order valence-electron chi connectivity index (χ0n) is 14.5. The van der Waals surface area contributed by atoms with Crippen LogP contribution >= 0.6 is 11.6 Å². The third-order valence-electron chi connectivity index (χ3n) is 4.82. The van der Waals surface area contributed by atoms with Gasteiger partial charge in [-0.05, 0) is 31.0 Å². The first-order chi connectivity index (χ1) is 11.7. The van der Waals surface area contributed by atoms with Gasteiger partial charge >= 0.3 is 0 Å². The molecule has 0 spiro atoms. The van der Waals surface area contributed by atoms with E-state index in [1.54, 1.807) is 0 Å². The zero-order chi connectivity index (χ0) is 16.8. The van der Waals surface area contributed by atoms with Gasteiger partial charge in [-0.3, -0.25) is 14.8 Å². The average Bonchev–Trinajstić information content (AvgIpc) is 2.62. The van der Waals surface area contributed by atoms with Gasteiger partial charge in [-0.2, -0.15) is 0 Å². The standard InChI is InChI=1S/C18H28ClN5/c1-2-20-18(21-8-7-15-3-5-16(19)6-4-15)22-13-17-14-23-9-11-24(17)12-10-23/h3-6,17H,2,7-14H2,1H3,(H2,20,21,22). The molecule has 6 heteroatoms. The minimum atomic E-state index is 0.569. The normalized spacial score (nSPS) is 26.4. The number of nitrogens with one attached hydrogen (secondary N) is 2. The second-order valence-corrected chi connectivity index (χ2v) is 6.95. The number of guanidine groups is 1. The molecule has 4 rings (SSSR count). The Hall–Kier alpha value is -1.30. The predicted octanol–water partition coefficient (Wildman–Crippen LogP) is 1.44. The Balaban J connectivity index is 1.47. The fourth-order valence-electron chi connectivity index (χ4n) is 3.41. The lowest BCUT2D eigenvalue weighted by Gasteiger charge is -2.47.